The van der Waals surface area contributed by atoms with E-state index in [0.717, 1.165) is 11.1 Å². The van der Waals surface area contributed by atoms with Crippen LogP contribution in [0.2, 0.25) is 0 Å². The second-order valence-corrected chi connectivity index (χ2v) is 7.35. The van der Waals surface area contributed by atoms with Crippen LogP contribution in [0.4, 0.5) is 0 Å². The number of para-hydroxylation sites is 1. The van der Waals surface area contributed by atoms with E-state index in [9.17, 15) is 14.7 Å². The number of nitrogens with one attached hydrogen (secondary N) is 1. The summed E-state index contributed by atoms with van der Waals surface area (Å²) in [5.41, 5.74) is 3.28. The van der Waals surface area contributed by atoms with Crippen molar-refractivity contribution in [3.63, 3.8) is 0 Å². The number of fused-ring (bicyclic) bond motifs is 1. The maximum Gasteiger partial charge on any atom is 0.274 e. The molecule has 0 aliphatic carbocycles. The third-order valence-electron chi connectivity index (χ3n) is 5.24. The Labute approximate surface area is 172 Å². The second-order valence-electron chi connectivity index (χ2n) is 7.35. The zero-order chi connectivity index (χ0) is 21.4. The standard InChI is InChI=1S/C23H23N3O4/c1-14-5-4-6-15(2)22(14)30-19-13-26(9-10-27)20(28)11-17(19)18-12-25(3)23(29)21-16(18)7-8-24-21/h4-8,11-13,24,27H,9-10H2,1-3H3. The van der Waals surface area contributed by atoms with E-state index in [1.54, 1.807) is 25.6 Å². The minimum Gasteiger partial charge on any atom is -0.455 e. The van der Waals surface area contributed by atoms with Gasteiger partial charge in [0.2, 0.25) is 0 Å². The average molecular weight is 405 g/mol. The first-order valence-corrected chi connectivity index (χ1v) is 9.67. The van der Waals surface area contributed by atoms with Gasteiger partial charge in [-0.2, -0.15) is 0 Å². The van der Waals surface area contributed by atoms with Crippen LogP contribution in [-0.2, 0) is 13.6 Å². The van der Waals surface area contributed by atoms with Crippen molar-refractivity contribution in [3.8, 4) is 22.6 Å². The smallest absolute Gasteiger partial charge is 0.274 e. The molecular formula is C23H23N3O4. The molecule has 1 aromatic carbocycles. The van der Waals surface area contributed by atoms with E-state index >= 15 is 0 Å². The number of aliphatic hydroxyl groups is 1. The van der Waals surface area contributed by atoms with Gasteiger partial charge in [-0.15, -0.1) is 0 Å². The van der Waals surface area contributed by atoms with Gasteiger partial charge in [0.05, 0.1) is 12.8 Å². The molecular weight excluding hydrogens is 382 g/mol. The zero-order valence-electron chi connectivity index (χ0n) is 17.1. The molecule has 4 aromatic rings. The Kier molecular flexibility index (Phi) is 5.05. The molecule has 2 N–H and O–H groups in total. The fourth-order valence-electron chi connectivity index (χ4n) is 3.68. The first kappa shape index (κ1) is 19.7. The third kappa shape index (κ3) is 3.33. The van der Waals surface area contributed by atoms with Crippen LogP contribution in [0.1, 0.15) is 11.1 Å². The van der Waals surface area contributed by atoms with Gasteiger partial charge >= 0.3 is 0 Å². The van der Waals surface area contributed by atoms with Crippen molar-refractivity contribution in [3.05, 3.63) is 80.8 Å². The summed E-state index contributed by atoms with van der Waals surface area (Å²) < 4.78 is 9.23. The van der Waals surface area contributed by atoms with Crippen molar-refractivity contribution < 1.29 is 9.84 Å². The molecule has 0 radical (unpaired) electrons. The number of rotatable bonds is 5. The summed E-state index contributed by atoms with van der Waals surface area (Å²) in [4.78, 5) is 28.1. The molecule has 0 saturated heterocycles. The van der Waals surface area contributed by atoms with Crippen molar-refractivity contribution in [1.82, 2.24) is 14.1 Å². The van der Waals surface area contributed by atoms with Gasteiger partial charge in [0.15, 0.2) is 5.75 Å². The van der Waals surface area contributed by atoms with Gasteiger partial charge in [-0.25, -0.2) is 0 Å². The van der Waals surface area contributed by atoms with Crippen LogP contribution in [0.15, 0.2) is 58.5 Å². The Morgan fingerprint density at radius 1 is 1.07 bits per heavy atom. The molecule has 0 aliphatic rings. The molecule has 0 atom stereocenters. The summed E-state index contributed by atoms with van der Waals surface area (Å²) in [5.74, 6) is 1.18. The number of hydrogen-bond donors (Lipinski definition) is 2. The molecule has 0 saturated carbocycles. The van der Waals surface area contributed by atoms with E-state index in [1.807, 2.05) is 38.1 Å². The lowest BCUT2D eigenvalue weighted by molar-refractivity contribution is 0.273. The summed E-state index contributed by atoms with van der Waals surface area (Å²) in [6, 6.07) is 9.19. The Balaban J connectivity index is 2.00. The highest BCUT2D eigenvalue weighted by Crippen LogP contribution is 2.37. The maximum absolute atomic E-state index is 12.7. The van der Waals surface area contributed by atoms with Crippen LogP contribution >= 0.6 is 0 Å². The van der Waals surface area contributed by atoms with Crippen LogP contribution in [0.5, 0.6) is 11.5 Å². The molecule has 0 fully saturated rings. The van der Waals surface area contributed by atoms with E-state index in [4.69, 9.17) is 4.74 Å². The van der Waals surface area contributed by atoms with Gasteiger partial charge in [-0.1, -0.05) is 18.2 Å². The van der Waals surface area contributed by atoms with Crippen molar-refractivity contribution in [2.75, 3.05) is 6.61 Å². The van der Waals surface area contributed by atoms with Crippen LogP contribution in [-0.4, -0.2) is 25.8 Å². The van der Waals surface area contributed by atoms with Crippen molar-refractivity contribution in [2.45, 2.75) is 20.4 Å². The van der Waals surface area contributed by atoms with Crippen LogP contribution < -0.4 is 15.9 Å². The zero-order valence-corrected chi connectivity index (χ0v) is 17.1. The van der Waals surface area contributed by atoms with E-state index in [1.165, 1.54) is 15.2 Å². The molecule has 30 heavy (non-hydrogen) atoms. The molecule has 0 bridgehead atoms. The number of hydrogen-bond acceptors (Lipinski definition) is 4. The molecule has 3 aromatic heterocycles. The predicted molar refractivity (Wildman–Crippen MR) is 116 cm³/mol. The third-order valence-corrected chi connectivity index (χ3v) is 5.24. The molecule has 0 spiro atoms. The monoisotopic (exact) mass is 405 g/mol. The number of pyridine rings is 2. The van der Waals surface area contributed by atoms with Crippen molar-refractivity contribution in [1.29, 1.82) is 0 Å². The van der Waals surface area contributed by atoms with E-state index in [-0.39, 0.29) is 24.3 Å². The first-order valence-electron chi connectivity index (χ1n) is 9.67. The molecule has 4 rings (SSSR count). The largest absolute Gasteiger partial charge is 0.455 e. The van der Waals surface area contributed by atoms with Crippen molar-refractivity contribution in [2.24, 2.45) is 7.05 Å². The van der Waals surface area contributed by atoms with Gasteiger partial charge < -0.3 is 24.0 Å². The number of ether oxygens (including phenoxy) is 1. The number of benzene rings is 1. The molecule has 154 valence electrons. The summed E-state index contributed by atoms with van der Waals surface area (Å²) in [5, 5.41) is 10.0. The molecule has 3 heterocycles. The second kappa shape index (κ2) is 7.68. The maximum atomic E-state index is 12.7. The van der Waals surface area contributed by atoms with Gasteiger partial charge in [0, 0.05) is 48.6 Å². The molecule has 7 nitrogen and oxygen atoms in total. The number of nitrogens with zero attached hydrogens (tertiary/aromatic N) is 2. The Morgan fingerprint density at radius 3 is 2.50 bits per heavy atom. The Morgan fingerprint density at radius 2 is 1.80 bits per heavy atom. The minimum absolute atomic E-state index is 0.149. The number of aliphatic hydroxyl groups excluding tert-OH is 1. The molecule has 0 amide bonds. The lowest BCUT2D eigenvalue weighted by Crippen LogP contribution is -2.21. The number of aromatic nitrogens is 3. The molecule has 0 unspecified atom stereocenters. The highest BCUT2D eigenvalue weighted by Gasteiger charge is 2.18. The topological polar surface area (TPSA) is 89.2 Å². The number of aromatic amines is 1. The summed E-state index contributed by atoms with van der Waals surface area (Å²) in [6.07, 6.45) is 5.03. The minimum atomic E-state index is -0.259. The fraction of sp³-hybridized carbons (Fsp3) is 0.217. The van der Waals surface area contributed by atoms with Crippen LogP contribution in [0.25, 0.3) is 22.0 Å². The number of H-pyrrole nitrogens is 1. The lowest BCUT2D eigenvalue weighted by Gasteiger charge is -2.17. The fourth-order valence-corrected chi connectivity index (χ4v) is 3.68. The number of aryl methyl sites for hydroxylation is 3. The van der Waals surface area contributed by atoms with Gasteiger partial charge in [0.1, 0.15) is 11.3 Å². The summed E-state index contributed by atoms with van der Waals surface area (Å²) in [7, 11) is 1.67. The lowest BCUT2D eigenvalue weighted by atomic mass is 10.0. The van der Waals surface area contributed by atoms with Gasteiger partial charge in [-0.05, 0) is 31.0 Å². The van der Waals surface area contributed by atoms with E-state index in [2.05, 4.69) is 4.98 Å². The van der Waals surface area contributed by atoms with E-state index < -0.39 is 0 Å². The quantitative estimate of drug-likeness (QED) is 0.534. The van der Waals surface area contributed by atoms with Gasteiger partial charge in [-0.3, -0.25) is 9.59 Å². The van der Waals surface area contributed by atoms with Gasteiger partial charge in [0.25, 0.3) is 11.1 Å². The van der Waals surface area contributed by atoms with E-state index in [0.29, 0.717) is 33.5 Å². The Bertz CT molecular complexity index is 1340. The summed E-state index contributed by atoms with van der Waals surface area (Å²) >= 11 is 0. The average Bonchev–Trinajstić information content (AvgIpc) is 3.20. The highest BCUT2D eigenvalue weighted by atomic mass is 16.5. The molecule has 0 aliphatic heterocycles. The highest BCUT2D eigenvalue weighted by molar-refractivity contribution is 5.95. The predicted octanol–water partition coefficient (Wildman–Crippen LogP) is 3.10. The SMILES string of the molecule is Cc1cccc(C)c1Oc1cn(CCO)c(=O)cc1-c1cn(C)c(=O)c2[nH]ccc12. The van der Waals surface area contributed by atoms with Crippen molar-refractivity contribution >= 4 is 10.9 Å². The van der Waals surface area contributed by atoms with Crippen LogP contribution in [0, 0.1) is 13.8 Å². The first-order chi connectivity index (χ1) is 14.4. The van der Waals surface area contributed by atoms with Crippen LogP contribution in [0.3, 0.4) is 0 Å². The normalized spacial score (nSPS) is 11.2. The molecule has 7 heteroatoms. The summed E-state index contributed by atoms with van der Waals surface area (Å²) in [6.45, 7) is 3.92. The Hall–Kier alpha value is -3.58.